The van der Waals surface area contributed by atoms with Crippen molar-refractivity contribution in [3.8, 4) is 33.6 Å². The molecule has 1 aliphatic rings. The highest BCUT2D eigenvalue weighted by Gasteiger charge is 2.19. The third kappa shape index (κ3) is 4.31. The van der Waals surface area contributed by atoms with Crippen molar-refractivity contribution in [2.45, 2.75) is 0 Å². The van der Waals surface area contributed by atoms with Gasteiger partial charge in [0.15, 0.2) is 5.82 Å². The van der Waals surface area contributed by atoms with Crippen molar-refractivity contribution in [2.24, 2.45) is 0 Å². The summed E-state index contributed by atoms with van der Waals surface area (Å²) in [7, 11) is 0. The number of benzene rings is 5. The van der Waals surface area contributed by atoms with Crippen LogP contribution in [-0.2, 0) is 0 Å². The maximum absolute atomic E-state index is 4.87. The summed E-state index contributed by atoms with van der Waals surface area (Å²) in [5.41, 5.74) is 11.9. The lowest BCUT2D eigenvalue weighted by atomic mass is 9.84. The molecule has 8 aromatic rings. The van der Waals surface area contributed by atoms with E-state index in [9.17, 15) is 0 Å². The van der Waals surface area contributed by atoms with Crippen LogP contribution in [0.1, 0.15) is 16.7 Å². The number of pyridine rings is 2. The second kappa shape index (κ2) is 10.7. The molecule has 0 saturated carbocycles. The lowest BCUT2D eigenvalue weighted by molar-refractivity contribution is 1.18. The molecule has 0 fully saturated rings. The number of hydrogen-bond donors (Lipinski definition) is 0. The lowest BCUT2D eigenvalue weighted by Gasteiger charge is -2.20. The van der Waals surface area contributed by atoms with E-state index in [1.807, 2.05) is 36.9 Å². The van der Waals surface area contributed by atoms with Gasteiger partial charge in [-0.25, -0.2) is 9.97 Å². The smallest absolute Gasteiger partial charge is 0.159 e. The fourth-order valence-electron chi connectivity index (χ4n) is 6.70. The highest BCUT2D eigenvalue weighted by molar-refractivity contribution is 6.10. The molecule has 3 aromatic heterocycles. The van der Waals surface area contributed by atoms with Gasteiger partial charge in [-0.2, -0.15) is 0 Å². The van der Waals surface area contributed by atoms with Crippen molar-refractivity contribution in [3.05, 3.63) is 169 Å². The second-order valence-corrected chi connectivity index (χ2v) is 11.5. The van der Waals surface area contributed by atoms with E-state index in [-0.39, 0.29) is 0 Å². The molecule has 0 saturated heterocycles. The Kier molecular flexibility index (Phi) is 6.10. The molecular weight excluding hydrogens is 560 g/mol. The van der Waals surface area contributed by atoms with Crippen LogP contribution in [0, 0.1) is 0 Å². The molecule has 3 heterocycles. The molecule has 5 aromatic carbocycles. The van der Waals surface area contributed by atoms with E-state index in [0.29, 0.717) is 5.82 Å². The molecule has 0 spiro atoms. The van der Waals surface area contributed by atoms with Crippen LogP contribution in [0.15, 0.2) is 152 Å². The van der Waals surface area contributed by atoms with Crippen molar-refractivity contribution >= 4 is 44.2 Å². The molecular formula is C42H26N4. The monoisotopic (exact) mass is 586 g/mol. The molecule has 46 heavy (non-hydrogen) atoms. The highest BCUT2D eigenvalue weighted by atomic mass is 14.9. The van der Waals surface area contributed by atoms with Crippen LogP contribution in [0.5, 0.6) is 0 Å². The first-order valence-electron chi connectivity index (χ1n) is 15.4. The minimum atomic E-state index is 0.682. The van der Waals surface area contributed by atoms with Crippen LogP contribution >= 0.6 is 0 Å². The van der Waals surface area contributed by atoms with Crippen molar-refractivity contribution in [1.82, 2.24) is 19.9 Å². The summed E-state index contributed by atoms with van der Waals surface area (Å²) in [6.45, 7) is 0. The first-order valence-corrected chi connectivity index (χ1v) is 15.4. The summed E-state index contributed by atoms with van der Waals surface area (Å²) in [5.74, 6) is 0.682. The van der Waals surface area contributed by atoms with Crippen molar-refractivity contribution in [3.63, 3.8) is 0 Å². The van der Waals surface area contributed by atoms with E-state index in [0.717, 1.165) is 49.6 Å². The molecule has 9 rings (SSSR count). The molecule has 0 bridgehead atoms. The fraction of sp³-hybridized carbons (Fsp3) is 0. The van der Waals surface area contributed by atoms with Gasteiger partial charge in [-0.05, 0) is 74.0 Å². The number of rotatable bonds is 3. The first-order chi connectivity index (χ1) is 22.8. The van der Waals surface area contributed by atoms with Gasteiger partial charge < -0.3 is 0 Å². The first kappa shape index (κ1) is 26.2. The van der Waals surface area contributed by atoms with E-state index in [2.05, 4.69) is 131 Å². The van der Waals surface area contributed by atoms with Gasteiger partial charge in [0.1, 0.15) is 0 Å². The number of fused-ring (bicyclic) bond motifs is 8. The maximum Gasteiger partial charge on any atom is 0.159 e. The Balaban J connectivity index is 1.15. The van der Waals surface area contributed by atoms with Crippen LogP contribution in [0.4, 0.5) is 0 Å². The van der Waals surface area contributed by atoms with E-state index in [1.165, 1.54) is 33.0 Å². The predicted molar refractivity (Wildman–Crippen MR) is 189 cm³/mol. The molecule has 1 aliphatic carbocycles. The fourth-order valence-corrected chi connectivity index (χ4v) is 6.70. The lowest BCUT2D eigenvalue weighted by Crippen LogP contribution is -1.98. The Morgan fingerprint density at radius 1 is 0.457 bits per heavy atom. The van der Waals surface area contributed by atoms with E-state index in [1.54, 1.807) is 0 Å². The summed E-state index contributed by atoms with van der Waals surface area (Å²) in [6, 6.07) is 40.5. The zero-order valence-corrected chi connectivity index (χ0v) is 24.8. The topological polar surface area (TPSA) is 51.6 Å². The summed E-state index contributed by atoms with van der Waals surface area (Å²) in [6.07, 6.45) is 14.0. The Morgan fingerprint density at radius 3 is 2.15 bits per heavy atom. The molecule has 4 heteroatoms. The average molecular weight is 587 g/mol. The minimum Gasteiger partial charge on any atom is -0.254 e. The maximum atomic E-state index is 4.87. The van der Waals surface area contributed by atoms with Gasteiger partial charge in [0.25, 0.3) is 0 Å². The minimum absolute atomic E-state index is 0.682. The van der Waals surface area contributed by atoms with Crippen molar-refractivity contribution in [2.75, 3.05) is 0 Å². The Labute approximate surface area is 266 Å². The summed E-state index contributed by atoms with van der Waals surface area (Å²) in [5, 5.41) is 4.55. The van der Waals surface area contributed by atoms with Crippen LogP contribution in [0.3, 0.4) is 0 Å². The summed E-state index contributed by atoms with van der Waals surface area (Å²) < 4.78 is 0. The van der Waals surface area contributed by atoms with E-state index < -0.39 is 0 Å². The van der Waals surface area contributed by atoms with Crippen molar-refractivity contribution in [1.29, 1.82) is 0 Å². The highest BCUT2D eigenvalue weighted by Crippen LogP contribution is 2.41. The zero-order valence-electron chi connectivity index (χ0n) is 24.8. The molecule has 0 aliphatic heterocycles. The van der Waals surface area contributed by atoms with Crippen LogP contribution in [0.25, 0.3) is 77.9 Å². The number of nitrogens with zero attached hydrogens (tertiary/aromatic N) is 4. The van der Waals surface area contributed by atoms with Gasteiger partial charge in [0.2, 0.25) is 0 Å². The molecule has 0 atom stereocenters. The summed E-state index contributed by atoms with van der Waals surface area (Å²) in [4.78, 5) is 19.0. The van der Waals surface area contributed by atoms with E-state index >= 15 is 0 Å². The van der Waals surface area contributed by atoms with E-state index in [4.69, 9.17) is 9.97 Å². The third-order valence-corrected chi connectivity index (χ3v) is 8.84. The van der Waals surface area contributed by atoms with Crippen LogP contribution in [0.2, 0.25) is 0 Å². The molecule has 0 radical (unpaired) electrons. The van der Waals surface area contributed by atoms with Crippen LogP contribution in [-0.4, -0.2) is 19.9 Å². The average Bonchev–Trinajstić information content (AvgIpc) is 3.12. The number of allylic oxidation sites excluding steroid dienone is 2. The number of hydrogen-bond acceptors (Lipinski definition) is 4. The third-order valence-electron chi connectivity index (χ3n) is 8.84. The van der Waals surface area contributed by atoms with Gasteiger partial charge in [-0.1, -0.05) is 109 Å². The normalized spacial score (nSPS) is 12.4. The SMILES string of the molecule is C1=Cc2ccccc2-c2c(ccc3ccccc23)C(c2cccc(-c3ncc(-c4cc5cccnc5c5ncccc45)cn3)c2)=C1. The second-order valence-electron chi connectivity index (χ2n) is 11.5. The van der Waals surface area contributed by atoms with Gasteiger partial charge in [0, 0.05) is 46.7 Å². The molecule has 0 N–H and O–H groups in total. The van der Waals surface area contributed by atoms with Gasteiger partial charge in [-0.3, -0.25) is 9.97 Å². The predicted octanol–water partition coefficient (Wildman–Crippen LogP) is 10.2. The van der Waals surface area contributed by atoms with Gasteiger partial charge >= 0.3 is 0 Å². The Bertz CT molecular complexity index is 2530. The quantitative estimate of drug-likeness (QED) is 0.193. The van der Waals surface area contributed by atoms with Crippen LogP contribution < -0.4 is 0 Å². The molecule has 4 nitrogen and oxygen atoms in total. The zero-order chi connectivity index (χ0) is 30.5. The Hall–Kier alpha value is -6.26. The van der Waals surface area contributed by atoms with Crippen molar-refractivity contribution < 1.29 is 0 Å². The van der Waals surface area contributed by atoms with Gasteiger partial charge in [0.05, 0.1) is 11.0 Å². The summed E-state index contributed by atoms with van der Waals surface area (Å²) >= 11 is 0. The largest absolute Gasteiger partial charge is 0.254 e. The standard InChI is InChI=1S/C42H26N4/c1-3-15-34-27(9-1)11-6-17-33(36-20-19-28-10-2-4-16-35(28)39(34)36)29-12-5-13-31(23-29)42-45-25-32(26-46-42)38-24-30-14-7-21-43-40(30)41-37(38)18-8-22-44-41/h1-26H. The Morgan fingerprint density at radius 2 is 1.22 bits per heavy atom. The van der Waals surface area contributed by atoms with Gasteiger partial charge in [-0.15, -0.1) is 0 Å². The molecule has 0 unspecified atom stereocenters. The number of aromatic nitrogens is 4. The molecule has 214 valence electrons. The molecule has 0 amide bonds.